The van der Waals surface area contributed by atoms with Crippen molar-refractivity contribution in [3.63, 3.8) is 0 Å². The molecule has 4 nitrogen and oxygen atoms in total. The Balaban J connectivity index is 1.97. The van der Waals surface area contributed by atoms with Gasteiger partial charge in [-0.05, 0) is 35.7 Å². The summed E-state index contributed by atoms with van der Waals surface area (Å²) < 4.78 is 0. The van der Waals surface area contributed by atoms with Crippen LogP contribution in [0.25, 0.3) is 10.8 Å². The first-order valence-corrected chi connectivity index (χ1v) is 7.41. The van der Waals surface area contributed by atoms with Gasteiger partial charge in [-0.2, -0.15) is 0 Å². The summed E-state index contributed by atoms with van der Waals surface area (Å²) in [5.41, 5.74) is 7.52. The van der Waals surface area contributed by atoms with Gasteiger partial charge in [0.05, 0.1) is 16.4 Å². The Morgan fingerprint density at radius 3 is 2.04 bits per heavy atom. The maximum atomic E-state index is 12.8. The quantitative estimate of drug-likeness (QED) is 0.546. The average molecular weight is 323 g/mol. The first kappa shape index (κ1) is 13.8. The van der Waals surface area contributed by atoms with Gasteiger partial charge in [0.15, 0.2) is 0 Å². The van der Waals surface area contributed by atoms with Gasteiger partial charge in [-0.3, -0.25) is 9.59 Å². The zero-order valence-electron chi connectivity index (χ0n) is 11.9. The molecule has 1 aliphatic rings. The van der Waals surface area contributed by atoms with Crippen molar-refractivity contribution in [2.45, 2.75) is 0 Å². The molecule has 4 rings (SSSR count). The van der Waals surface area contributed by atoms with Crippen LogP contribution in [0.15, 0.2) is 54.6 Å². The Morgan fingerprint density at radius 1 is 0.870 bits per heavy atom. The number of hydrogen-bond donors (Lipinski definition) is 1. The van der Waals surface area contributed by atoms with E-state index in [-0.39, 0.29) is 11.8 Å². The van der Waals surface area contributed by atoms with Crippen LogP contribution in [0.5, 0.6) is 0 Å². The highest BCUT2D eigenvalue weighted by atomic mass is 35.5. The second-order valence-corrected chi connectivity index (χ2v) is 5.77. The number of nitrogens with zero attached hydrogens (tertiary/aromatic N) is 1. The summed E-state index contributed by atoms with van der Waals surface area (Å²) in [4.78, 5) is 26.8. The zero-order chi connectivity index (χ0) is 16.1. The SMILES string of the molecule is Nc1ccc(N2C(=O)c3cccc4cccc(c34)C2=O)cc1Cl. The summed E-state index contributed by atoms with van der Waals surface area (Å²) in [6.07, 6.45) is 0. The van der Waals surface area contributed by atoms with Crippen molar-refractivity contribution < 1.29 is 9.59 Å². The molecule has 0 radical (unpaired) electrons. The molecule has 0 saturated heterocycles. The van der Waals surface area contributed by atoms with Crippen LogP contribution in [-0.2, 0) is 0 Å². The fourth-order valence-electron chi connectivity index (χ4n) is 2.92. The summed E-state index contributed by atoms with van der Waals surface area (Å²) in [5, 5.41) is 1.87. The number of benzene rings is 3. The van der Waals surface area contributed by atoms with Gasteiger partial charge in [0.25, 0.3) is 11.8 Å². The van der Waals surface area contributed by atoms with Gasteiger partial charge in [0, 0.05) is 16.5 Å². The summed E-state index contributed by atoms with van der Waals surface area (Å²) in [7, 11) is 0. The Kier molecular flexibility index (Phi) is 2.89. The van der Waals surface area contributed by atoms with E-state index in [1.807, 2.05) is 24.3 Å². The fourth-order valence-corrected chi connectivity index (χ4v) is 3.09. The summed E-state index contributed by atoms with van der Waals surface area (Å²) >= 11 is 6.04. The van der Waals surface area contributed by atoms with Gasteiger partial charge in [-0.15, -0.1) is 0 Å². The maximum absolute atomic E-state index is 12.8. The molecule has 0 unspecified atom stereocenters. The number of rotatable bonds is 1. The third-order valence-electron chi connectivity index (χ3n) is 4.01. The number of imide groups is 1. The lowest BCUT2D eigenvalue weighted by molar-refractivity contribution is 0.0893. The van der Waals surface area contributed by atoms with Crippen molar-refractivity contribution in [2.75, 3.05) is 10.6 Å². The van der Waals surface area contributed by atoms with E-state index in [4.69, 9.17) is 17.3 Å². The van der Waals surface area contributed by atoms with Crippen molar-refractivity contribution in [3.05, 3.63) is 70.7 Å². The topological polar surface area (TPSA) is 63.4 Å². The van der Waals surface area contributed by atoms with E-state index in [9.17, 15) is 9.59 Å². The van der Waals surface area contributed by atoms with Crippen molar-refractivity contribution in [1.82, 2.24) is 0 Å². The summed E-state index contributed by atoms with van der Waals surface area (Å²) in [6, 6.07) is 15.6. The van der Waals surface area contributed by atoms with Crippen LogP contribution in [0.1, 0.15) is 20.7 Å². The molecule has 0 saturated carbocycles. The largest absolute Gasteiger partial charge is 0.398 e. The maximum Gasteiger partial charge on any atom is 0.265 e. The van der Waals surface area contributed by atoms with E-state index in [0.717, 1.165) is 10.3 Å². The highest BCUT2D eigenvalue weighted by Crippen LogP contribution is 2.34. The number of anilines is 2. The van der Waals surface area contributed by atoms with Gasteiger partial charge in [0.1, 0.15) is 0 Å². The highest BCUT2D eigenvalue weighted by molar-refractivity contribution is 6.37. The average Bonchev–Trinajstić information content (AvgIpc) is 2.56. The molecular weight excluding hydrogens is 312 g/mol. The molecule has 3 aromatic carbocycles. The van der Waals surface area contributed by atoms with Crippen LogP contribution in [0, 0.1) is 0 Å². The minimum absolute atomic E-state index is 0.306. The van der Waals surface area contributed by atoms with E-state index < -0.39 is 0 Å². The van der Waals surface area contributed by atoms with Crippen LogP contribution >= 0.6 is 11.6 Å². The molecule has 112 valence electrons. The Morgan fingerprint density at radius 2 is 1.48 bits per heavy atom. The van der Waals surface area contributed by atoms with E-state index in [2.05, 4.69) is 0 Å². The van der Waals surface area contributed by atoms with E-state index in [1.54, 1.807) is 24.3 Å². The molecule has 1 aliphatic heterocycles. The second kappa shape index (κ2) is 4.83. The number of hydrogen-bond acceptors (Lipinski definition) is 3. The lowest BCUT2D eigenvalue weighted by Crippen LogP contribution is -2.40. The second-order valence-electron chi connectivity index (χ2n) is 5.36. The molecule has 0 atom stereocenters. The fraction of sp³-hybridized carbons (Fsp3) is 0. The molecule has 3 aromatic rings. The predicted molar refractivity (Wildman–Crippen MR) is 91.0 cm³/mol. The lowest BCUT2D eigenvalue weighted by Gasteiger charge is -2.27. The van der Waals surface area contributed by atoms with Crippen molar-refractivity contribution in [3.8, 4) is 0 Å². The molecule has 5 heteroatoms. The highest BCUT2D eigenvalue weighted by Gasteiger charge is 2.33. The number of carbonyl (C=O) groups excluding carboxylic acids is 2. The van der Waals surface area contributed by atoms with E-state index >= 15 is 0 Å². The number of nitrogens with two attached hydrogens (primary N) is 1. The molecule has 2 N–H and O–H groups in total. The van der Waals surface area contributed by atoms with Crippen LogP contribution in [-0.4, -0.2) is 11.8 Å². The monoisotopic (exact) mass is 322 g/mol. The molecular formula is C18H11ClN2O2. The smallest absolute Gasteiger partial charge is 0.265 e. The van der Waals surface area contributed by atoms with Crippen LogP contribution in [0.4, 0.5) is 11.4 Å². The molecule has 0 aromatic heterocycles. The van der Waals surface area contributed by atoms with Crippen LogP contribution < -0.4 is 10.6 Å². The van der Waals surface area contributed by atoms with Crippen LogP contribution in [0.3, 0.4) is 0 Å². The van der Waals surface area contributed by atoms with Gasteiger partial charge in [0.2, 0.25) is 0 Å². The first-order chi connectivity index (χ1) is 11.1. The minimum Gasteiger partial charge on any atom is -0.398 e. The van der Waals surface area contributed by atoms with Crippen molar-refractivity contribution in [1.29, 1.82) is 0 Å². The first-order valence-electron chi connectivity index (χ1n) is 7.03. The summed E-state index contributed by atoms with van der Waals surface area (Å²) in [6.45, 7) is 0. The van der Waals surface area contributed by atoms with Gasteiger partial charge >= 0.3 is 0 Å². The Bertz CT molecular complexity index is 947. The molecule has 2 amide bonds. The van der Waals surface area contributed by atoms with Crippen LogP contribution in [0.2, 0.25) is 5.02 Å². The van der Waals surface area contributed by atoms with Crippen molar-refractivity contribution >= 4 is 45.6 Å². The molecule has 23 heavy (non-hydrogen) atoms. The normalized spacial score (nSPS) is 13.7. The molecule has 0 spiro atoms. The van der Waals surface area contributed by atoms with E-state index in [1.165, 1.54) is 6.07 Å². The Hall–Kier alpha value is -2.85. The summed E-state index contributed by atoms with van der Waals surface area (Å²) in [5.74, 6) is -0.722. The van der Waals surface area contributed by atoms with Gasteiger partial charge in [-0.25, -0.2) is 4.90 Å². The van der Waals surface area contributed by atoms with Gasteiger partial charge < -0.3 is 5.73 Å². The Labute approximate surface area is 137 Å². The number of carbonyl (C=O) groups is 2. The molecule has 0 aliphatic carbocycles. The molecule has 1 heterocycles. The number of halogens is 1. The third-order valence-corrected chi connectivity index (χ3v) is 4.34. The molecule has 0 bridgehead atoms. The standard InChI is InChI=1S/C18H11ClN2O2/c19-14-9-11(7-8-15(14)20)21-17(22)12-5-1-3-10-4-2-6-13(16(10)12)18(21)23/h1-9H,20H2. The third kappa shape index (κ3) is 1.92. The van der Waals surface area contributed by atoms with Crippen molar-refractivity contribution in [2.24, 2.45) is 0 Å². The zero-order valence-corrected chi connectivity index (χ0v) is 12.7. The predicted octanol–water partition coefficient (Wildman–Crippen LogP) is 3.88. The number of nitrogen functional groups attached to an aromatic ring is 1. The lowest BCUT2D eigenvalue weighted by atomic mass is 9.94. The minimum atomic E-state index is -0.361. The number of amides is 2. The van der Waals surface area contributed by atoms with Gasteiger partial charge in [-0.1, -0.05) is 35.9 Å². The molecule has 0 fully saturated rings. The van der Waals surface area contributed by atoms with E-state index in [0.29, 0.717) is 32.9 Å².